The minimum atomic E-state index is -0.0879. The lowest BCUT2D eigenvalue weighted by Gasteiger charge is -2.12. The Hall–Kier alpha value is -3.41. The minimum absolute atomic E-state index is 0.0879. The molecule has 6 heteroatoms. The molecule has 0 fully saturated rings. The van der Waals surface area contributed by atoms with Gasteiger partial charge in [0.25, 0.3) is 5.91 Å². The third kappa shape index (κ3) is 4.85. The monoisotopic (exact) mass is 377 g/mol. The standard InChI is InChI=1S/C22H23N3O3/c1-4-15(2)25-21(26)17-8-5-7-16(11-17)18-13-23-22(24-14-18)28-20-10-6-9-19(12-20)27-3/h5-15H,4H2,1-3H3,(H,25,26)/t15-/m0/s1. The molecular formula is C22H23N3O3. The van der Waals surface area contributed by atoms with E-state index in [1.807, 2.05) is 44.2 Å². The molecule has 2 aromatic carbocycles. The van der Waals surface area contributed by atoms with Crippen molar-refractivity contribution in [2.45, 2.75) is 26.3 Å². The van der Waals surface area contributed by atoms with Crippen LogP contribution in [0.25, 0.3) is 11.1 Å². The van der Waals surface area contributed by atoms with E-state index in [0.29, 0.717) is 17.1 Å². The predicted molar refractivity (Wildman–Crippen MR) is 108 cm³/mol. The van der Waals surface area contributed by atoms with Crippen LogP contribution in [0, 0.1) is 0 Å². The van der Waals surface area contributed by atoms with Crippen LogP contribution in [0.3, 0.4) is 0 Å². The van der Waals surface area contributed by atoms with Crippen molar-refractivity contribution in [1.82, 2.24) is 15.3 Å². The quantitative estimate of drug-likeness (QED) is 0.657. The van der Waals surface area contributed by atoms with Crippen LogP contribution in [0.5, 0.6) is 17.5 Å². The number of amides is 1. The van der Waals surface area contributed by atoms with Gasteiger partial charge in [-0.3, -0.25) is 4.79 Å². The fourth-order valence-electron chi connectivity index (χ4n) is 2.54. The van der Waals surface area contributed by atoms with Gasteiger partial charge in [-0.05, 0) is 43.2 Å². The zero-order valence-electron chi connectivity index (χ0n) is 16.2. The molecule has 144 valence electrons. The van der Waals surface area contributed by atoms with Crippen molar-refractivity contribution in [2.75, 3.05) is 7.11 Å². The molecule has 1 heterocycles. The number of hydrogen-bond donors (Lipinski definition) is 1. The molecule has 28 heavy (non-hydrogen) atoms. The zero-order chi connectivity index (χ0) is 19.9. The molecule has 3 aromatic rings. The average molecular weight is 377 g/mol. The fourth-order valence-corrected chi connectivity index (χ4v) is 2.54. The van der Waals surface area contributed by atoms with E-state index < -0.39 is 0 Å². The molecule has 0 unspecified atom stereocenters. The SMILES string of the molecule is CC[C@H](C)NC(=O)c1cccc(-c2cnc(Oc3cccc(OC)c3)nc2)c1. The lowest BCUT2D eigenvalue weighted by molar-refractivity contribution is 0.0939. The summed E-state index contributed by atoms with van der Waals surface area (Å²) < 4.78 is 10.8. The van der Waals surface area contributed by atoms with E-state index in [-0.39, 0.29) is 18.0 Å². The first-order chi connectivity index (χ1) is 13.6. The molecule has 0 spiro atoms. The molecule has 0 radical (unpaired) electrons. The molecule has 0 aliphatic heterocycles. The number of carbonyl (C=O) groups is 1. The van der Waals surface area contributed by atoms with Crippen molar-refractivity contribution in [3.63, 3.8) is 0 Å². The van der Waals surface area contributed by atoms with Crippen molar-refractivity contribution in [3.8, 4) is 28.6 Å². The number of nitrogens with zero attached hydrogens (tertiary/aromatic N) is 2. The van der Waals surface area contributed by atoms with Crippen LogP contribution in [0.15, 0.2) is 60.9 Å². The maximum atomic E-state index is 12.3. The second-order valence-electron chi connectivity index (χ2n) is 6.40. The van der Waals surface area contributed by atoms with Crippen LogP contribution in [-0.4, -0.2) is 29.0 Å². The second-order valence-corrected chi connectivity index (χ2v) is 6.40. The van der Waals surface area contributed by atoms with Crippen LogP contribution >= 0.6 is 0 Å². The van der Waals surface area contributed by atoms with Crippen LogP contribution in [0.4, 0.5) is 0 Å². The first-order valence-corrected chi connectivity index (χ1v) is 9.14. The van der Waals surface area contributed by atoms with E-state index in [4.69, 9.17) is 9.47 Å². The number of ether oxygens (including phenoxy) is 2. The summed E-state index contributed by atoms with van der Waals surface area (Å²) in [5.74, 6) is 1.20. The van der Waals surface area contributed by atoms with Crippen molar-refractivity contribution >= 4 is 5.91 Å². The molecule has 1 aromatic heterocycles. The summed E-state index contributed by atoms with van der Waals surface area (Å²) in [6.07, 6.45) is 4.23. The Morgan fingerprint density at radius 3 is 2.46 bits per heavy atom. The van der Waals surface area contributed by atoms with Crippen LogP contribution < -0.4 is 14.8 Å². The smallest absolute Gasteiger partial charge is 0.321 e. The number of rotatable bonds is 7. The van der Waals surface area contributed by atoms with E-state index >= 15 is 0 Å². The number of methoxy groups -OCH3 is 1. The summed E-state index contributed by atoms with van der Waals surface area (Å²) in [7, 11) is 1.60. The Balaban J connectivity index is 1.74. The van der Waals surface area contributed by atoms with Gasteiger partial charge >= 0.3 is 6.01 Å². The van der Waals surface area contributed by atoms with E-state index in [1.165, 1.54) is 0 Å². The molecule has 1 amide bonds. The van der Waals surface area contributed by atoms with Crippen LogP contribution in [0.1, 0.15) is 30.6 Å². The maximum absolute atomic E-state index is 12.3. The van der Waals surface area contributed by atoms with Gasteiger partial charge in [0, 0.05) is 35.6 Å². The van der Waals surface area contributed by atoms with Crippen molar-refractivity contribution in [2.24, 2.45) is 0 Å². The molecule has 0 saturated heterocycles. The Morgan fingerprint density at radius 2 is 1.75 bits per heavy atom. The van der Waals surface area contributed by atoms with Crippen LogP contribution in [0.2, 0.25) is 0 Å². The number of hydrogen-bond acceptors (Lipinski definition) is 5. The number of benzene rings is 2. The lowest BCUT2D eigenvalue weighted by Crippen LogP contribution is -2.31. The van der Waals surface area contributed by atoms with E-state index in [1.54, 1.807) is 37.7 Å². The third-order valence-corrected chi connectivity index (χ3v) is 4.33. The van der Waals surface area contributed by atoms with Gasteiger partial charge in [0.1, 0.15) is 11.5 Å². The Kier molecular flexibility index (Phi) is 6.22. The largest absolute Gasteiger partial charge is 0.497 e. The summed E-state index contributed by atoms with van der Waals surface area (Å²) in [5, 5.41) is 2.97. The topological polar surface area (TPSA) is 73.3 Å². The lowest BCUT2D eigenvalue weighted by atomic mass is 10.1. The van der Waals surface area contributed by atoms with Gasteiger partial charge < -0.3 is 14.8 Å². The van der Waals surface area contributed by atoms with Crippen molar-refractivity contribution in [3.05, 3.63) is 66.5 Å². The predicted octanol–water partition coefficient (Wildman–Crippen LogP) is 4.47. The summed E-state index contributed by atoms with van der Waals surface area (Å²) in [6.45, 7) is 4.02. The van der Waals surface area contributed by atoms with Crippen molar-refractivity contribution in [1.29, 1.82) is 0 Å². The third-order valence-electron chi connectivity index (χ3n) is 4.33. The van der Waals surface area contributed by atoms with Gasteiger partial charge in [-0.25, -0.2) is 9.97 Å². The van der Waals surface area contributed by atoms with Gasteiger partial charge in [-0.1, -0.05) is 25.1 Å². The van der Waals surface area contributed by atoms with Gasteiger partial charge in [0.15, 0.2) is 0 Å². The van der Waals surface area contributed by atoms with Gasteiger partial charge in [-0.2, -0.15) is 0 Å². The number of aromatic nitrogens is 2. The Bertz CT molecular complexity index is 942. The van der Waals surface area contributed by atoms with E-state index in [0.717, 1.165) is 17.5 Å². The molecule has 0 aliphatic carbocycles. The van der Waals surface area contributed by atoms with E-state index in [9.17, 15) is 4.79 Å². The molecule has 0 aliphatic rings. The zero-order valence-corrected chi connectivity index (χ0v) is 16.2. The first kappa shape index (κ1) is 19.4. The normalized spacial score (nSPS) is 11.5. The minimum Gasteiger partial charge on any atom is -0.497 e. The highest BCUT2D eigenvalue weighted by molar-refractivity contribution is 5.95. The summed E-state index contributed by atoms with van der Waals surface area (Å²) >= 11 is 0. The molecule has 3 rings (SSSR count). The van der Waals surface area contributed by atoms with Gasteiger partial charge in [0.05, 0.1) is 7.11 Å². The molecule has 0 saturated carbocycles. The fraction of sp³-hybridized carbons (Fsp3) is 0.227. The molecule has 1 atom stereocenters. The highest BCUT2D eigenvalue weighted by Crippen LogP contribution is 2.24. The highest BCUT2D eigenvalue weighted by Gasteiger charge is 2.10. The molecule has 6 nitrogen and oxygen atoms in total. The van der Waals surface area contributed by atoms with Crippen LogP contribution in [-0.2, 0) is 0 Å². The molecule has 1 N–H and O–H groups in total. The Morgan fingerprint density at radius 1 is 1.04 bits per heavy atom. The van der Waals surface area contributed by atoms with E-state index in [2.05, 4.69) is 15.3 Å². The molecular weight excluding hydrogens is 354 g/mol. The first-order valence-electron chi connectivity index (χ1n) is 9.14. The summed E-state index contributed by atoms with van der Waals surface area (Å²) in [4.78, 5) is 20.9. The Labute approximate surface area is 164 Å². The molecule has 0 bridgehead atoms. The maximum Gasteiger partial charge on any atom is 0.321 e. The summed E-state index contributed by atoms with van der Waals surface area (Å²) in [6, 6.07) is 15.0. The number of carbonyl (C=O) groups excluding carboxylic acids is 1. The van der Waals surface area contributed by atoms with Gasteiger partial charge in [0.2, 0.25) is 0 Å². The highest BCUT2D eigenvalue weighted by atomic mass is 16.5. The average Bonchev–Trinajstić information content (AvgIpc) is 2.74. The van der Waals surface area contributed by atoms with Gasteiger partial charge in [-0.15, -0.1) is 0 Å². The second kappa shape index (κ2) is 8.99. The number of nitrogens with one attached hydrogen (secondary N) is 1. The summed E-state index contributed by atoms with van der Waals surface area (Å²) in [5.41, 5.74) is 2.27. The van der Waals surface area contributed by atoms with Crippen molar-refractivity contribution < 1.29 is 14.3 Å².